The van der Waals surface area contributed by atoms with Gasteiger partial charge >= 0.3 is 0 Å². The number of halogens is 1. The minimum Gasteiger partial charge on any atom is -0.310 e. The van der Waals surface area contributed by atoms with Crippen LogP contribution in [0.1, 0.15) is 31.0 Å². The number of nitrogens with zero attached hydrogens (tertiary/aromatic N) is 3. The van der Waals surface area contributed by atoms with Crippen LogP contribution < -0.4 is 5.32 Å². The number of hydrogen-bond donors (Lipinski definition) is 2. The van der Waals surface area contributed by atoms with Crippen LogP contribution in [0.15, 0.2) is 24.3 Å². The van der Waals surface area contributed by atoms with Crippen LogP contribution in [0.3, 0.4) is 0 Å². The van der Waals surface area contributed by atoms with Crippen molar-refractivity contribution in [1.29, 1.82) is 0 Å². The first kappa shape index (κ1) is 14.9. The third kappa shape index (κ3) is 2.11. The minimum absolute atomic E-state index is 0.135. The molecule has 2 N–H and O–H groups in total. The molecule has 1 aliphatic carbocycles. The fraction of sp³-hybridized carbons (Fsp3) is 0.353. The van der Waals surface area contributed by atoms with Crippen molar-refractivity contribution < 1.29 is 9.18 Å². The standard InChI is InChI=1S/C17H18FN5O/c1-3-12-13-14(20-21-15(13)23(2)22-12)19-16(24)17(7-8-17)10-5-4-6-11(18)9-10/h4-6,9H,3,7-8H2,1-2H3,(H2,19,20,21,24). The molecular formula is C17H18FN5O. The summed E-state index contributed by atoms with van der Waals surface area (Å²) in [5.41, 5.74) is 1.66. The Morgan fingerprint density at radius 3 is 2.92 bits per heavy atom. The summed E-state index contributed by atoms with van der Waals surface area (Å²) in [6, 6.07) is 6.28. The second-order valence-corrected chi connectivity index (χ2v) is 6.27. The average Bonchev–Trinajstić information content (AvgIpc) is 3.19. The van der Waals surface area contributed by atoms with Gasteiger partial charge < -0.3 is 5.32 Å². The van der Waals surface area contributed by atoms with E-state index in [0.29, 0.717) is 24.3 Å². The van der Waals surface area contributed by atoms with E-state index in [9.17, 15) is 9.18 Å². The molecule has 3 aromatic rings. The zero-order chi connectivity index (χ0) is 16.9. The summed E-state index contributed by atoms with van der Waals surface area (Å²) in [5.74, 6) is 0.100. The molecule has 1 aromatic carbocycles. The van der Waals surface area contributed by atoms with E-state index in [1.807, 2.05) is 14.0 Å². The number of carbonyl (C=O) groups excluding carboxylic acids is 1. The second-order valence-electron chi connectivity index (χ2n) is 6.27. The zero-order valence-corrected chi connectivity index (χ0v) is 13.6. The Bertz CT molecular complexity index is 938. The number of carbonyl (C=O) groups is 1. The molecule has 0 atom stereocenters. The molecule has 1 amide bonds. The van der Waals surface area contributed by atoms with Crippen molar-refractivity contribution in [1.82, 2.24) is 20.0 Å². The Morgan fingerprint density at radius 2 is 2.25 bits per heavy atom. The number of H-pyrrole nitrogens is 1. The molecular weight excluding hydrogens is 309 g/mol. The molecule has 7 heteroatoms. The fourth-order valence-corrected chi connectivity index (χ4v) is 3.25. The maximum atomic E-state index is 13.5. The molecule has 0 saturated heterocycles. The molecule has 124 valence electrons. The number of amides is 1. The molecule has 0 bridgehead atoms. The largest absolute Gasteiger partial charge is 0.310 e. The van der Waals surface area contributed by atoms with Gasteiger partial charge in [-0.3, -0.25) is 9.89 Å². The van der Waals surface area contributed by atoms with Gasteiger partial charge in [0, 0.05) is 7.05 Å². The molecule has 1 fully saturated rings. The lowest BCUT2D eigenvalue weighted by Crippen LogP contribution is -2.28. The summed E-state index contributed by atoms with van der Waals surface area (Å²) in [5, 5.41) is 15.3. The summed E-state index contributed by atoms with van der Waals surface area (Å²) >= 11 is 0. The van der Waals surface area contributed by atoms with Crippen molar-refractivity contribution in [2.24, 2.45) is 7.05 Å². The van der Waals surface area contributed by atoms with Gasteiger partial charge in [-0.1, -0.05) is 19.1 Å². The minimum atomic E-state index is -0.645. The number of benzene rings is 1. The highest BCUT2D eigenvalue weighted by Crippen LogP contribution is 2.49. The first-order valence-corrected chi connectivity index (χ1v) is 8.02. The Balaban J connectivity index is 1.68. The van der Waals surface area contributed by atoms with Gasteiger partial charge in [-0.05, 0) is 37.0 Å². The molecule has 0 unspecified atom stereocenters. The van der Waals surface area contributed by atoms with Crippen LogP contribution in [-0.2, 0) is 23.7 Å². The van der Waals surface area contributed by atoms with Gasteiger partial charge in [0.15, 0.2) is 5.65 Å². The third-order valence-electron chi connectivity index (χ3n) is 4.75. The van der Waals surface area contributed by atoms with E-state index in [1.165, 1.54) is 12.1 Å². The van der Waals surface area contributed by atoms with Crippen molar-refractivity contribution in [3.8, 4) is 0 Å². The molecule has 2 aromatic heterocycles. The number of aromatic amines is 1. The normalized spacial score (nSPS) is 15.6. The van der Waals surface area contributed by atoms with E-state index in [4.69, 9.17) is 0 Å². The quantitative estimate of drug-likeness (QED) is 0.773. The highest BCUT2D eigenvalue weighted by atomic mass is 19.1. The van der Waals surface area contributed by atoms with E-state index >= 15 is 0 Å². The van der Waals surface area contributed by atoms with Gasteiger partial charge in [-0.15, -0.1) is 0 Å². The predicted octanol–water partition coefficient (Wildman–Crippen LogP) is 2.67. The van der Waals surface area contributed by atoms with Crippen LogP contribution in [-0.4, -0.2) is 25.9 Å². The average molecular weight is 327 g/mol. The Morgan fingerprint density at radius 1 is 1.46 bits per heavy atom. The van der Waals surface area contributed by atoms with Crippen molar-refractivity contribution in [3.63, 3.8) is 0 Å². The molecule has 0 aliphatic heterocycles. The monoisotopic (exact) mass is 327 g/mol. The van der Waals surface area contributed by atoms with Crippen molar-refractivity contribution in [2.75, 3.05) is 5.32 Å². The second kappa shape index (κ2) is 5.15. The first-order valence-electron chi connectivity index (χ1n) is 8.02. The molecule has 1 saturated carbocycles. The first-order chi connectivity index (χ1) is 11.5. The predicted molar refractivity (Wildman–Crippen MR) is 88.2 cm³/mol. The van der Waals surface area contributed by atoms with Crippen LogP contribution >= 0.6 is 0 Å². The van der Waals surface area contributed by atoms with Gasteiger partial charge in [0.05, 0.1) is 16.5 Å². The molecule has 0 spiro atoms. The van der Waals surface area contributed by atoms with E-state index in [0.717, 1.165) is 23.1 Å². The van der Waals surface area contributed by atoms with Crippen LogP contribution in [0.25, 0.3) is 11.0 Å². The number of rotatable bonds is 4. The smallest absolute Gasteiger partial charge is 0.236 e. The lowest BCUT2D eigenvalue weighted by Gasteiger charge is -2.15. The summed E-state index contributed by atoms with van der Waals surface area (Å²) in [7, 11) is 1.82. The lowest BCUT2D eigenvalue weighted by atomic mass is 9.95. The van der Waals surface area contributed by atoms with Crippen molar-refractivity contribution in [3.05, 3.63) is 41.3 Å². The van der Waals surface area contributed by atoms with Crippen LogP contribution in [0.2, 0.25) is 0 Å². The number of hydrogen-bond acceptors (Lipinski definition) is 3. The van der Waals surface area contributed by atoms with Gasteiger partial charge in [0.2, 0.25) is 5.91 Å². The molecule has 1 aliphatic rings. The molecule has 4 rings (SSSR count). The maximum absolute atomic E-state index is 13.5. The van der Waals surface area contributed by atoms with E-state index in [2.05, 4.69) is 20.6 Å². The highest BCUT2D eigenvalue weighted by Gasteiger charge is 2.51. The summed E-state index contributed by atoms with van der Waals surface area (Å²) < 4.78 is 15.2. The SMILES string of the molecule is CCc1nn(C)c2n[nH]c(NC(=O)C3(c4cccc(F)c4)CC3)c12. The Kier molecular flexibility index (Phi) is 3.19. The number of aryl methyl sites for hydroxylation is 2. The van der Waals surface area contributed by atoms with E-state index < -0.39 is 5.41 Å². The van der Waals surface area contributed by atoms with Gasteiger partial charge in [0.25, 0.3) is 0 Å². The topological polar surface area (TPSA) is 75.6 Å². The zero-order valence-electron chi connectivity index (χ0n) is 13.6. The van der Waals surface area contributed by atoms with Gasteiger partial charge in [-0.25, -0.2) is 9.07 Å². The Labute approximate surface area is 138 Å². The van der Waals surface area contributed by atoms with Gasteiger partial charge in [-0.2, -0.15) is 10.2 Å². The molecule has 0 radical (unpaired) electrons. The number of aromatic nitrogens is 4. The van der Waals surface area contributed by atoms with Crippen LogP contribution in [0, 0.1) is 5.82 Å². The number of fused-ring (bicyclic) bond motifs is 1. The maximum Gasteiger partial charge on any atom is 0.236 e. The summed E-state index contributed by atoms with van der Waals surface area (Å²) in [6.45, 7) is 2.01. The third-order valence-corrected chi connectivity index (χ3v) is 4.75. The molecule has 24 heavy (non-hydrogen) atoms. The Hall–Kier alpha value is -2.70. The fourth-order valence-electron chi connectivity index (χ4n) is 3.25. The summed E-state index contributed by atoms with van der Waals surface area (Å²) in [6.07, 6.45) is 2.18. The van der Waals surface area contributed by atoms with E-state index in [-0.39, 0.29) is 11.7 Å². The lowest BCUT2D eigenvalue weighted by molar-refractivity contribution is -0.118. The number of nitrogens with one attached hydrogen (secondary N) is 2. The number of anilines is 1. The van der Waals surface area contributed by atoms with Gasteiger partial charge in [0.1, 0.15) is 11.6 Å². The summed E-state index contributed by atoms with van der Waals surface area (Å²) in [4.78, 5) is 12.8. The molecule has 2 heterocycles. The van der Waals surface area contributed by atoms with Crippen LogP contribution in [0.4, 0.5) is 10.2 Å². The van der Waals surface area contributed by atoms with E-state index in [1.54, 1.807) is 16.8 Å². The van der Waals surface area contributed by atoms with Crippen molar-refractivity contribution in [2.45, 2.75) is 31.6 Å². The highest BCUT2D eigenvalue weighted by molar-refractivity contribution is 6.05. The van der Waals surface area contributed by atoms with Crippen LogP contribution in [0.5, 0.6) is 0 Å². The van der Waals surface area contributed by atoms with Crippen molar-refractivity contribution >= 4 is 22.8 Å². The molecule has 6 nitrogen and oxygen atoms in total.